The van der Waals surface area contributed by atoms with Gasteiger partial charge >= 0.3 is 0 Å². The van der Waals surface area contributed by atoms with E-state index in [1.807, 2.05) is 6.20 Å². The summed E-state index contributed by atoms with van der Waals surface area (Å²) in [6, 6.07) is 2.45. The van der Waals surface area contributed by atoms with Gasteiger partial charge in [-0.05, 0) is 75.2 Å². The molecular weight excluding hydrogens is 312 g/mol. The van der Waals surface area contributed by atoms with Crippen LogP contribution in [0, 0.1) is 17.3 Å². The Morgan fingerprint density at radius 3 is 2.72 bits per heavy atom. The zero-order valence-electron chi connectivity index (χ0n) is 15.2. The summed E-state index contributed by atoms with van der Waals surface area (Å²) < 4.78 is 2.31. The number of aromatic nitrogens is 4. The maximum absolute atomic E-state index is 11.1. The van der Waals surface area contributed by atoms with Crippen LogP contribution in [0.25, 0.3) is 11.5 Å². The Morgan fingerprint density at radius 2 is 2.08 bits per heavy atom. The predicted molar refractivity (Wildman–Crippen MR) is 96.0 cm³/mol. The van der Waals surface area contributed by atoms with Crippen LogP contribution in [-0.2, 0) is 6.42 Å². The third-order valence-electron chi connectivity index (χ3n) is 7.29. The minimum absolute atomic E-state index is 0.207. The summed E-state index contributed by atoms with van der Waals surface area (Å²) in [6.07, 6.45) is 11.8. The van der Waals surface area contributed by atoms with Crippen LogP contribution in [0.5, 0.6) is 0 Å². The molecule has 2 aromatic rings. The van der Waals surface area contributed by atoms with E-state index in [9.17, 15) is 5.11 Å². The Labute approximate surface area is 148 Å². The second kappa shape index (κ2) is 5.19. The van der Waals surface area contributed by atoms with Gasteiger partial charge in [0.2, 0.25) is 0 Å². The van der Waals surface area contributed by atoms with Gasteiger partial charge in [0.15, 0.2) is 5.82 Å². The molecule has 4 bridgehead atoms. The highest BCUT2D eigenvalue weighted by molar-refractivity contribution is 5.50. The van der Waals surface area contributed by atoms with Crippen molar-refractivity contribution in [3.05, 3.63) is 24.2 Å². The summed E-state index contributed by atoms with van der Waals surface area (Å²) >= 11 is 0. The van der Waals surface area contributed by atoms with E-state index in [1.165, 1.54) is 19.3 Å². The fraction of sp³-hybridized carbons (Fsp3) is 0.700. The second-order valence-electron chi connectivity index (χ2n) is 9.01. The normalized spacial score (nSPS) is 37.6. The number of aromatic amines is 1. The molecule has 4 aliphatic rings. The first-order chi connectivity index (χ1) is 12.0. The number of hydrogen-bond acceptors (Lipinski definition) is 3. The van der Waals surface area contributed by atoms with Crippen LogP contribution in [0.4, 0.5) is 0 Å². The van der Waals surface area contributed by atoms with Gasteiger partial charge in [-0.15, -0.1) is 0 Å². The highest BCUT2D eigenvalue weighted by atomic mass is 16.3. The fourth-order valence-electron chi connectivity index (χ4n) is 6.55. The third kappa shape index (κ3) is 2.31. The van der Waals surface area contributed by atoms with E-state index < -0.39 is 5.60 Å². The molecule has 134 valence electrons. The van der Waals surface area contributed by atoms with E-state index in [2.05, 4.69) is 45.9 Å². The molecule has 5 heteroatoms. The largest absolute Gasteiger partial charge is 0.390 e. The van der Waals surface area contributed by atoms with Crippen molar-refractivity contribution in [1.82, 2.24) is 19.7 Å². The molecule has 0 spiro atoms. The molecular formula is C20H28N4O. The molecule has 6 rings (SSSR count). The van der Waals surface area contributed by atoms with Crippen LogP contribution < -0.4 is 0 Å². The van der Waals surface area contributed by atoms with Gasteiger partial charge in [0.1, 0.15) is 5.69 Å². The first kappa shape index (κ1) is 15.6. The summed E-state index contributed by atoms with van der Waals surface area (Å²) in [6.45, 7) is 4.46. The Bertz CT molecular complexity index is 777. The molecule has 5 atom stereocenters. The molecule has 2 aromatic heterocycles. The van der Waals surface area contributed by atoms with Crippen molar-refractivity contribution in [2.45, 2.75) is 70.4 Å². The molecule has 0 aliphatic heterocycles. The topological polar surface area (TPSA) is 66.7 Å². The number of hydrogen-bond donors (Lipinski definition) is 2. The molecule has 4 aliphatic carbocycles. The van der Waals surface area contributed by atoms with Crippen molar-refractivity contribution >= 4 is 0 Å². The maximum atomic E-state index is 11.1. The summed E-state index contributed by atoms with van der Waals surface area (Å²) in [4.78, 5) is 4.62. The molecule has 0 saturated heterocycles. The van der Waals surface area contributed by atoms with Crippen molar-refractivity contribution in [2.75, 3.05) is 0 Å². The minimum atomic E-state index is -0.416. The van der Waals surface area contributed by atoms with E-state index >= 15 is 0 Å². The molecule has 0 aromatic carbocycles. The molecule has 5 nitrogen and oxygen atoms in total. The Kier molecular flexibility index (Phi) is 3.25. The molecule has 0 amide bonds. The monoisotopic (exact) mass is 340 g/mol. The van der Waals surface area contributed by atoms with E-state index in [-0.39, 0.29) is 5.41 Å². The summed E-state index contributed by atoms with van der Waals surface area (Å²) in [5, 5.41) is 18.7. The van der Waals surface area contributed by atoms with E-state index in [1.54, 1.807) is 0 Å². The van der Waals surface area contributed by atoms with Gasteiger partial charge < -0.3 is 9.67 Å². The number of aryl methyl sites for hydroxylation is 1. The van der Waals surface area contributed by atoms with Crippen LogP contribution in [0.3, 0.4) is 0 Å². The lowest BCUT2D eigenvalue weighted by molar-refractivity contribution is -0.176. The number of H-pyrrole nitrogens is 1. The predicted octanol–water partition coefficient (Wildman–Crippen LogP) is 3.73. The van der Waals surface area contributed by atoms with Gasteiger partial charge in [-0.2, -0.15) is 5.10 Å². The number of imidazole rings is 1. The Balaban J connectivity index is 1.51. The third-order valence-corrected chi connectivity index (χ3v) is 7.29. The maximum Gasteiger partial charge on any atom is 0.160 e. The van der Waals surface area contributed by atoms with Crippen LogP contribution in [0.2, 0.25) is 0 Å². The van der Waals surface area contributed by atoms with Crippen molar-refractivity contribution < 1.29 is 5.11 Å². The van der Waals surface area contributed by atoms with Crippen LogP contribution >= 0.6 is 0 Å². The lowest BCUT2D eigenvalue weighted by Crippen LogP contribution is -2.57. The molecule has 0 radical (unpaired) electrons. The van der Waals surface area contributed by atoms with Crippen LogP contribution in [0.15, 0.2) is 18.5 Å². The second-order valence-corrected chi connectivity index (χ2v) is 9.01. The van der Waals surface area contributed by atoms with Gasteiger partial charge in [0.25, 0.3) is 0 Å². The van der Waals surface area contributed by atoms with Crippen molar-refractivity contribution in [3.8, 4) is 11.5 Å². The zero-order chi connectivity index (χ0) is 17.2. The van der Waals surface area contributed by atoms with Gasteiger partial charge in [0, 0.05) is 24.1 Å². The molecule has 2 N–H and O–H groups in total. The van der Waals surface area contributed by atoms with E-state index in [0.717, 1.165) is 42.9 Å². The molecule has 4 saturated carbocycles. The van der Waals surface area contributed by atoms with Gasteiger partial charge in [0.05, 0.1) is 5.60 Å². The molecule has 2 heterocycles. The number of aliphatic hydroxyl groups is 1. The number of nitrogens with one attached hydrogen (secondary N) is 1. The average Bonchev–Trinajstić information content (AvgIpc) is 3.20. The van der Waals surface area contributed by atoms with Crippen LogP contribution in [0.1, 0.15) is 64.1 Å². The van der Waals surface area contributed by atoms with Crippen molar-refractivity contribution in [2.24, 2.45) is 17.3 Å². The SMILES string of the molecule is CCc1cc(-c2nccn2[C@@H](C)C23C[C@@H]4C[C@@H](CC(O)(C4)C2)C3)n[nH]1. The molecule has 2 unspecified atom stereocenters. The lowest BCUT2D eigenvalue weighted by atomic mass is 9.46. The fourth-order valence-corrected chi connectivity index (χ4v) is 6.55. The highest BCUT2D eigenvalue weighted by Crippen LogP contribution is 2.65. The zero-order valence-corrected chi connectivity index (χ0v) is 15.2. The summed E-state index contributed by atoms with van der Waals surface area (Å²) in [5.41, 5.74) is 1.86. The van der Waals surface area contributed by atoms with Gasteiger partial charge in [-0.3, -0.25) is 5.10 Å². The van der Waals surface area contributed by atoms with Crippen LogP contribution in [-0.4, -0.2) is 30.5 Å². The number of rotatable bonds is 4. The quantitative estimate of drug-likeness (QED) is 0.891. The number of nitrogens with zero attached hydrogens (tertiary/aromatic N) is 3. The highest BCUT2D eigenvalue weighted by Gasteiger charge is 2.59. The molecule has 4 fully saturated rings. The lowest BCUT2D eigenvalue weighted by Gasteiger charge is -2.62. The Morgan fingerprint density at radius 1 is 1.32 bits per heavy atom. The summed E-state index contributed by atoms with van der Waals surface area (Å²) in [7, 11) is 0. The van der Waals surface area contributed by atoms with E-state index in [0.29, 0.717) is 17.9 Å². The first-order valence-electron chi connectivity index (χ1n) is 9.80. The van der Waals surface area contributed by atoms with E-state index in [4.69, 9.17) is 0 Å². The first-order valence-corrected chi connectivity index (χ1v) is 9.80. The smallest absolute Gasteiger partial charge is 0.160 e. The molecule has 25 heavy (non-hydrogen) atoms. The van der Waals surface area contributed by atoms with Crippen molar-refractivity contribution in [3.63, 3.8) is 0 Å². The minimum Gasteiger partial charge on any atom is -0.390 e. The Hall–Kier alpha value is -1.62. The van der Waals surface area contributed by atoms with Crippen molar-refractivity contribution in [1.29, 1.82) is 0 Å². The summed E-state index contributed by atoms with van der Waals surface area (Å²) in [5.74, 6) is 2.36. The average molecular weight is 340 g/mol. The standard InChI is InChI=1S/C20H28N4O/c1-3-16-7-17(23-22-16)18-21-4-5-24(18)13(2)19-8-14-6-15(9-19)11-20(25,10-14)12-19/h4-5,7,13-15,25H,3,6,8-12H2,1-2H3,(H,22,23)/t13-,14-,15+,19?,20?/m0/s1. The van der Waals surface area contributed by atoms with Gasteiger partial charge in [-0.25, -0.2) is 4.98 Å². The van der Waals surface area contributed by atoms with Gasteiger partial charge in [-0.1, -0.05) is 6.92 Å².